The number of hydrogen-bond donors (Lipinski definition) is 1. The lowest BCUT2D eigenvalue weighted by atomic mass is 10.0. The van der Waals surface area contributed by atoms with Gasteiger partial charge in [0.1, 0.15) is 12.1 Å². The topological polar surface area (TPSA) is 54.2 Å². The van der Waals surface area contributed by atoms with Crippen LogP contribution in [0.25, 0.3) is 0 Å². The van der Waals surface area contributed by atoms with E-state index in [-0.39, 0.29) is 0 Å². The minimum absolute atomic E-state index is 0.331. The van der Waals surface area contributed by atoms with Crippen LogP contribution in [-0.2, 0) is 6.42 Å². The fourth-order valence-electron chi connectivity index (χ4n) is 3.03. The molecule has 0 spiro atoms. The third-order valence-corrected chi connectivity index (χ3v) is 4.02. The minimum atomic E-state index is -0.418. The van der Waals surface area contributed by atoms with E-state index in [1.54, 1.807) is 0 Å². The number of aliphatic hydroxyl groups is 1. The second-order valence-electron chi connectivity index (χ2n) is 5.21. The molecule has 0 bridgehead atoms. The quantitative estimate of drug-likeness (QED) is 0.797. The van der Waals surface area contributed by atoms with E-state index >= 15 is 0 Å². The molecule has 2 aliphatic heterocycles. The summed E-state index contributed by atoms with van der Waals surface area (Å²) in [5.41, 5.74) is 0. The van der Waals surface area contributed by atoms with E-state index in [2.05, 4.69) is 22.1 Å². The monoisotopic (exact) mass is 236 g/mol. The van der Waals surface area contributed by atoms with Gasteiger partial charge in [-0.05, 0) is 39.3 Å². The molecular formula is C12H20N4O. The van der Waals surface area contributed by atoms with Gasteiger partial charge in [-0.2, -0.15) is 0 Å². The van der Waals surface area contributed by atoms with Gasteiger partial charge in [-0.25, -0.2) is 0 Å². The molecule has 0 radical (unpaired) electrons. The van der Waals surface area contributed by atoms with Crippen molar-refractivity contribution in [2.24, 2.45) is 0 Å². The Morgan fingerprint density at radius 2 is 2.06 bits per heavy atom. The second-order valence-corrected chi connectivity index (χ2v) is 5.21. The third-order valence-electron chi connectivity index (χ3n) is 4.02. The first-order chi connectivity index (χ1) is 8.27. The summed E-state index contributed by atoms with van der Waals surface area (Å²) >= 11 is 0. The van der Waals surface area contributed by atoms with Gasteiger partial charge in [0.05, 0.1) is 6.04 Å². The van der Waals surface area contributed by atoms with Crippen molar-refractivity contribution < 1.29 is 5.11 Å². The summed E-state index contributed by atoms with van der Waals surface area (Å²) in [6.45, 7) is 1.11. The van der Waals surface area contributed by atoms with Crippen LogP contribution in [0.4, 0.5) is 0 Å². The SMILES string of the molecule is CN1CCCCC1c1nnc2n1C(O)CCC2. The molecular weight excluding hydrogens is 216 g/mol. The maximum Gasteiger partial charge on any atom is 0.152 e. The van der Waals surface area contributed by atoms with Crippen LogP contribution in [0.2, 0.25) is 0 Å². The molecule has 94 valence electrons. The summed E-state index contributed by atoms with van der Waals surface area (Å²) in [5.74, 6) is 1.92. The molecule has 0 amide bonds. The van der Waals surface area contributed by atoms with Gasteiger partial charge in [-0.1, -0.05) is 6.42 Å². The second kappa shape index (κ2) is 4.38. The number of nitrogens with zero attached hydrogens (tertiary/aromatic N) is 4. The van der Waals surface area contributed by atoms with E-state index in [1.165, 1.54) is 12.8 Å². The molecule has 0 aliphatic carbocycles. The summed E-state index contributed by atoms with van der Waals surface area (Å²) < 4.78 is 1.97. The Morgan fingerprint density at radius 1 is 1.18 bits per heavy atom. The Hall–Kier alpha value is -0.940. The van der Waals surface area contributed by atoms with Crippen molar-refractivity contribution in [2.75, 3.05) is 13.6 Å². The average molecular weight is 236 g/mol. The molecule has 17 heavy (non-hydrogen) atoms. The largest absolute Gasteiger partial charge is 0.373 e. The Labute approximate surface area is 101 Å². The van der Waals surface area contributed by atoms with E-state index in [4.69, 9.17) is 0 Å². The lowest BCUT2D eigenvalue weighted by molar-refractivity contribution is 0.0656. The number of piperidine rings is 1. The van der Waals surface area contributed by atoms with Crippen molar-refractivity contribution in [1.29, 1.82) is 0 Å². The molecule has 1 saturated heterocycles. The van der Waals surface area contributed by atoms with Gasteiger partial charge in [0, 0.05) is 6.42 Å². The lowest BCUT2D eigenvalue weighted by Crippen LogP contribution is -2.33. The summed E-state index contributed by atoms with van der Waals surface area (Å²) in [4.78, 5) is 2.34. The lowest BCUT2D eigenvalue weighted by Gasteiger charge is -2.33. The molecule has 2 unspecified atom stereocenters. The molecule has 1 N–H and O–H groups in total. The van der Waals surface area contributed by atoms with Crippen LogP contribution in [0.3, 0.4) is 0 Å². The maximum absolute atomic E-state index is 10.1. The summed E-state index contributed by atoms with van der Waals surface area (Å²) in [6.07, 6.45) is 6.00. The molecule has 3 heterocycles. The molecule has 2 aliphatic rings. The number of hydrogen-bond acceptors (Lipinski definition) is 4. The highest BCUT2D eigenvalue weighted by Gasteiger charge is 2.30. The number of likely N-dealkylation sites (tertiary alicyclic amines) is 1. The van der Waals surface area contributed by atoms with Gasteiger partial charge in [-0.3, -0.25) is 9.47 Å². The Morgan fingerprint density at radius 3 is 2.88 bits per heavy atom. The van der Waals surface area contributed by atoms with Crippen LogP contribution < -0.4 is 0 Å². The van der Waals surface area contributed by atoms with Gasteiger partial charge >= 0.3 is 0 Å². The Kier molecular flexibility index (Phi) is 2.88. The van der Waals surface area contributed by atoms with Crippen molar-refractivity contribution in [3.05, 3.63) is 11.6 Å². The highest BCUT2D eigenvalue weighted by molar-refractivity contribution is 5.06. The smallest absolute Gasteiger partial charge is 0.152 e. The first kappa shape index (κ1) is 11.2. The highest BCUT2D eigenvalue weighted by Crippen LogP contribution is 2.32. The van der Waals surface area contributed by atoms with Gasteiger partial charge < -0.3 is 5.11 Å². The first-order valence-corrected chi connectivity index (χ1v) is 6.59. The maximum atomic E-state index is 10.1. The van der Waals surface area contributed by atoms with E-state index in [0.29, 0.717) is 6.04 Å². The van der Waals surface area contributed by atoms with Crippen LogP contribution in [0, 0.1) is 0 Å². The normalized spacial score (nSPS) is 30.2. The fourth-order valence-corrected chi connectivity index (χ4v) is 3.03. The van der Waals surface area contributed by atoms with Crippen LogP contribution in [0.5, 0.6) is 0 Å². The van der Waals surface area contributed by atoms with Crippen LogP contribution in [0.1, 0.15) is 56.0 Å². The number of aromatic nitrogens is 3. The van der Waals surface area contributed by atoms with E-state index in [1.807, 2.05) is 4.57 Å². The predicted molar refractivity (Wildman–Crippen MR) is 63.4 cm³/mol. The van der Waals surface area contributed by atoms with Crippen molar-refractivity contribution in [1.82, 2.24) is 19.7 Å². The van der Waals surface area contributed by atoms with Crippen molar-refractivity contribution in [3.63, 3.8) is 0 Å². The Bertz CT molecular complexity index is 403. The molecule has 5 nitrogen and oxygen atoms in total. The number of rotatable bonds is 1. The first-order valence-electron chi connectivity index (χ1n) is 6.59. The molecule has 1 aromatic rings. The molecule has 1 aromatic heterocycles. The van der Waals surface area contributed by atoms with Gasteiger partial charge in [0.2, 0.25) is 0 Å². The number of aliphatic hydroxyl groups excluding tert-OH is 1. The van der Waals surface area contributed by atoms with Crippen LogP contribution >= 0.6 is 0 Å². The summed E-state index contributed by atoms with van der Waals surface area (Å²) in [7, 11) is 2.14. The van der Waals surface area contributed by atoms with E-state index in [9.17, 15) is 5.11 Å². The number of aryl methyl sites for hydroxylation is 1. The zero-order chi connectivity index (χ0) is 11.8. The minimum Gasteiger partial charge on any atom is -0.373 e. The third kappa shape index (κ3) is 1.87. The average Bonchev–Trinajstić information content (AvgIpc) is 2.75. The molecule has 5 heteroatoms. The predicted octanol–water partition coefficient (Wildman–Crippen LogP) is 1.26. The Balaban J connectivity index is 1.94. The molecule has 3 rings (SSSR count). The summed E-state index contributed by atoms with van der Waals surface area (Å²) in [5, 5.41) is 18.7. The molecule has 2 atom stereocenters. The van der Waals surface area contributed by atoms with E-state index < -0.39 is 6.23 Å². The fraction of sp³-hybridized carbons (Fsp3) is 0.833. The molecule has 1 fully saturated rings. The van der Waals surface area contributed by atoms with Gasteiger partial charge in [-0.15, -0.1) is 10.2 Å². The van der Waals surface area contributed by atoms with Crippen LogP contribution in [0.15, 0.2) is 0 Å². The van der Waals surface area contributed by atoms with Crippen LogP contribution in [-0.4, -0.2) is 38.4 Å². The van der Waals surface area contributed by atoms with E-state index in [0.717, 1.165) is 43.9 Å². The molecule has 0 aromatic carbocycles. The zero-order valence-electron chi connectivity index (χ0n) is 10.3. The van der Waals surface area contributed by atoms with Crippen molar-refractivity contribution in [2.45, 2.75) is 50.8 Å². The molecule has 0 saturated carbocycles. The van der Waals surface area contributed by atoms with Gasteiger partial charge in [0.25, 0.3) is 0 Å². The summed E-state index contributed by atoms with van der Waals surface area (Å²) in [6, 6.07) is 0.331. The van der Waals surface area contributed by atoms with Crippen molar-refractivity contribution in [3.8, 4) is 0 Å². The highest BCUT2D eigenvalue weighted by atomic mass is 16.3. The van der Waals surface area contributed by atoms with Gasteiger partial charge in [0.15, 0.2) is 5.82 Å². The zero-order valence-corrected chi connectivity index (χ0v) is 10.3. The standard InChI is InChI=1S/C12H20N4O/c1-15-8-3-2-5-9(15)12-14-13-10-6-4-7-11(17)16(10)12/h9,11,17H,2-8H2,1H3. The number of fused-ring (bicyclic) bond motifs is 1. The van der Waals surface area contributed by atoms with Crippen molar-refractivity contribution >= 4 is 0 Å².